The predicted octanol–water partition coefficient (Wildman–Crippen LogP) is 1.98. The van der Waals surface area contributed by atoms with E-state index in [0.717, 1.165) is 0 Å². The lowest BCUT2D eigenvalue weighted by atomic mass is 10.3. The molecule has 0 N–H and O–H groups in total. The Hall–Kier alpha value is -1.10. The monoisotopic (exact) mass is 125 g/mol. The third-order valence-corrected chi connectivity index (χ3v) is 0.762. The van der Waals surface area contributed by atoms with Crippen molar-refractivity contribution in [1.82, 2.24) is 0 Å². The third-order valence-electron chi connectivity index (χ3n) is 0.762. The van der Waals surface area contributed by atoms with E-state index < -0.39 is 6.67 Å². The molecule has 0 aromatic heterocycles. The maximum atomic E-state index is 11.6. The molecule has 0 amide bonds. The fourth-order valence-electron chi connectivity index (χ4n) is 0.300. The molecule has 0 atom stereocenters. The Bertz CT molecular complexity index is 162. The van der Waals surface area contributed by atoms with Crippen molar-refractivity contribution < 1.29 is 4.39 Å². The Kier molecular flexibility index (Phi) is 4.43. The van der Waals surface area contributed by atoms with Gasteiger partial charge < -0.3 is 0 Å². The molecule has 9 heavy (non-hydrogen) atoms. The quantitative estimate of drug-likeness (QED) is 0.409. The molecule has 0 aliphatic rings. The van der Waals surface area contributed by atoms with E-state index in [4.69, 9.17) is 5.26 Å². The molecule has 0 saturated carbocycles. The van der Waals surface area contributed by atoms with E-state index in [2.05, 4.69) is 0 Å². The normalized spacial score (nSPS) is 11.9. The molecule has 0 aliphatic heterocycles. The number of hydrogen-bond acceptors (Lipinski definition) is 1. The summed E-state index contributed by atoms with van der Waals surface area (Å²) >= 11 is 0. The van der Waals surface area contributed by atoms with Crippen LogP contribution in [0.2, 0.25) is 0 Å². The summed E-state index contributed by atoms with van der Waals surface area (Å²) in [5.41, 5.74) is 0.626. The summed E-state index contributed by atoms with van der Waals surface area (Å²) in [6.45, 7) is 1.22. The van der Waals surface area contributed by atoms with Gasteiger partial charge in [0.05, 0.1) is 6.07 Å². The SMILES string of the molecule is C/C(=C/C=C/C#N)CF. The highest BCUT2D eigenvalue weighted by molar-refractivity contribution is 5.15. The number of halogens is 1. The maximum Gasteiger partial charge on any atom is 0.111 e. The van der Waals surface area contributed by atoms with Gasteiger partial charge in [-0.2, -0.15) is 5.26 Å². The number of hydrogen-bond donors (Lipinski definition) is 0. The first-order valence-electron chi connectivity index (χ1n) is 2.59. The fraction of sp³-hybridized carbons (Fsp3) is 0.286. The van der Waals surface area contributed by atoms with E-state index in [1.165, 1.54) is 12.2 Å². The van der Waals surface area contributed by atoms with Gasteiger partial charge in [-0.1, -0.05) is 12.2 Å². The first kappa shape index (κ1) is 7.90. The first-order valence-corrected chi connectivity index (χ1v) is 2.59. The second-order valence-corrected chi connectivity index (χ2v) is 1.63. The lowest BCUT2D eigenvalue weighted by Crippen LogP contribution is -1.73. The van der Waals surface area contributed by atoms with Crippen molar-refractivity contribution in [3.63, 3.8) is 0 Å². The number of rotatable bonds is 2. The smallest absolute Gasteiger partial charge is 0.111 e. The Morgan fingerprint density at radius 3 is 2.89 bits per heavy atom. The molecule has 0 fully saturated rings. The summed E-state index contributed by atoms with van der Waals surface area (Å²) in [5, 5.41) is 7.99. The predicted molar refractivity (Wildman–Crippen MR) is 34.5 cm³/mol. The lowest BCUT2D eigenvalue weighted by molar-refractivity contribution is 0.543. The molecule has 0 unspecified atom stereocenters. The molecule has 2 heteroatoms. The fourth-order valence-corrected chi connectivity index (χ4v) is 0.300. The van der Waals surface area contributed by atoms with Crippen molar-refractivity contribution in [2.24, 2.45) is 0 Å². The van der Waals surface area contributed by atoms with Crippen LogP contribution in [-0.4, -0.2) is 6.67 Å². The lowest BCUT2D eigenvalue weighted by Gasteiger charge is -1.83. The van der Waals surface area contributed by atoms with Gasteiger partial charge in [-0.3, -0.25) is 0 Å². The number of alkyl halides is 1. The molecular formula is C7H8FN. The first-order chi connectivity index (χ1) is 4.31. The van der Waals surface area contributed by atoms with Crippen LogP contribution in [0.25, 0.3) is 0 Å². The molecule has 0 heterocycles. The minimum absolute atomic E-state index is 0.449. The molecule has 1 nitrogen and oxygen atoms in total. The van der Waals surface area contributed by atoms with E-state index in [0.29, 0.717) is 5.57 Å². The van der Waals surface area contributed by atoms with Crippen LogP contribution in [0.4, 0.5) is 4.39 Å². The van der Waals surface area contributed by atoms with Gasteiger partial charge in [-0.05, 0) is 12.5 Å². The van der Waals surface area contributed by atoms with Crippen LogP contribution in [0.3, 0.4) is 0 Å². The van der Waals surface area contributed by atoms with E-state index in [1.54, 1.807) is 19.1 Å². The van der Waals surface area contributed by atoms with Crippen molar-refractivity contribution in [3.8, 4) is 6.07 Å². The van der Waals surface area contributed by atoms with Crippen LogP contribution in [0.1, 0.15) is 6.92 Å². The molecule has 48 valence electrons. The molecule has 0 rings (SSSR count). The standard InChI is InChI=1S/C7H8FN/c1-7(6-8)4-2-3-5-9/h2-4H,6H2,1H3/b3-2+,7-4-. The summed E-state index contributed by atoms with van der Waals surface area (Å²) in [6.07, 6.45) is 4.40. The van der Waals surface area contributed by atoms with E-state index in [1.807, 2.05) is 0 Å². The largest absolute Gasteiger partial charge is 0.246 e. The van der Waals surface area contributed by atoms with Crippen molar-refractivity contribution in [3.05, 3.63) is 23.8 Å². The van der Waals surface area contributed by atoms with Crippen molar-refractivity contribution in [1.29, 1.82) is 5.26 Å². The Morgan fingerprint density at radius 2 is 2.44 bits per heavy atom. The summed E-state index contributed by atoms with van der Waals surface area (Å²) < 4.78 is 11.6. The van der Waals surface area contributed by atoms with E-state index >= 15 is 0 Å². The van der Waals surface area contributed by atoms with Crippen molar-refractivity contribution in [2.75, 3.05) is 6.67 Å². The van der Waals surface area contributed by atoms with Crippen LogP contribution in [0, 0.1) is 11.3 Å². The van der Waals surface area contributed by atoms with Crippen LogP contribution < -0.4 is 0 Å². The highest BCUT2D eigenvalue weighted by Gasteiger charge is 1.79. The summed E-state index contributed by atoms with van der Waals surface area (Å²) in [4.78, 5) is 0. The van der Waals surface area contributed by atoms with Gasteiger partial charge in [0.2, 0.25) is 0 Å². The number of nitrogens with zero attached hydrogens (tertiary/aromatic N) is 1. The maximum absolute atomic E-state index is 11.6. The summed E-state index contributed by atoms with van der Waals surface area (Å²) in [5.74, 6) is 0. The summed E-state index contributed by atoms with van der Waals surface area (Å²) in [7, 11) is 0. The van der Waals surface area contributed by atoms with Crippen LogP contribution in [0.5, 0.6) is 0 Å². The van der Waals surface area contributed by atoms with Crippen molar-refractivity contribution in [2.45, 2.75) is 6.92 Å². The van der Waals surface area contributed by atoms with Crippen LogP contribution in [-0.2, 0) is 0 Å². The van der Waals surface area contributed by atoms with Gasteiger partial charge in [0.15, 0.2) is 0 Å². The molecule has 0 aromatic rings. The Morgan fingerprint density at radius 1 is 1.78 bits per heavy atom. The summed E-state index contributed by atoms with van der Waals surface area (Å²) in [6, 6.07) is 1.80. The molecule has 0 bridgehead atoms. The van der Waals surface area contributed by atoms with Gasteiger partial charge in [0, 0.05) is 6.08 Å². The van der Waals surface area contributed by atoms with E-state index in [9.17, 15) is 4.39 Å². The second kappa shape index (κ2) is 5.04. The zero-order chi connectivity index (χ0) is 7.11. The third kappa shape index (κ3) is 4.76. The Balaban J connectivity index is 3.72. The van der Waals surface area contributed by atoms with E-state index in [-0.39, 0.29) is 0 Å². The van der Waals surface area contributed by atoms with Gasteiger partial charge in [0.1, 0.15) is 6.67 Å². The van der Waals surface area contributed by atoms with Gasteiger partial charge >= 0.3 is 0 Å². The average molecular weight is 125 g/mol. The molecular weight excluding hydrogens is 117 g/mol. The average Bonchev–Trinajstić information content (AvgIpc) is 1.89. The second-order valence-electron chi connectivity index (χ2n) is 1.63. The van der Waals surface area contributed by atoms with Crippen LogP contribution in [0.15, 0.2) is 23.8 Å². The molecule has 0 aliphatic carbocycles. The zero-order valence-electron chi connectivity index (χ0n) is 5.26. The van der Waals surface area contributed by atoms with Crippen molar-refractivity contribution >= 4 is 0 Å². The van der Waals surface area contributed by atoms with Gasteiger partial charge in [-0.25, -0.2) is 4.39 Å². The topological polar surface area (TPSA) is 23.8 Å². The van der Waals surface area contributed by atoms with Gasteiger partial charge in [-0.15, -0.1) is 0 Å². The minimum Gasteiger partial charge on any atom is -0.246 e. The van der Waals surface area contributed by atoms with Gasteiger partial charge in [0.25, 0.3) is 0 Å². The number of nitriles is 1. The highest BCUT2D eigenvalue weighted by Crippen LogP contribution is 1.92. The molecule has 0 radical (unpaired) electrons. The highest BCUT2D eigenvalue weighted by atomic mass is 19.1. The molecule has 0 saturated heterocycles. The molecule has 0 aromatic carbocycles. The number of allylic oxidation sites excluding steroid dienone is 4. The Labute approximate surface area is 54.1 Å². The minimum atomic E-state index is -0.449. The zero-order valence-corrected chi connectivity index (χ0v) is 5.26. The van der Waals surface area contributed by atoms with Crippen LogP contribution >= 0.6 is 0 Å². The molecule has 0 spiro atoms.